The van der Waals surface area contributed by atoms with Crippen molar-refractivity contribution in [2.45, 2.75) is 110 Å². The zero-order valence-electron chi connectivity index (χ0n) is 14.9. The van der Waals surface area contributed by atoms with Crippen molar-refractivity contribution in [1.29, 1.82) is 0 Å². The van der Waals surface area contributed by atoms with Gasteiger partial charge in [0.1, 0.15) is 0 Å². The molecule has 0 aromatic rings. The summed E-state index contributed by atoms with van der Waals surface area (Å²) in [5.41, 5.74) is 0. The summed E-state index contributed by atoms with van der Waals surface area (Å²) >= 11 is 0. The van der Waals surface area contributed by atoms with Gasteiger partial charge in [-0.1, -0.05) is 96.8 Å². The number of unbranched alkanes of at least 4 members (excludes halogenated alkanes) is 14. The first-order chi connectivity index (χ1) is 9.77. The van der Waals surface area contributed by atoms with E-state index in [1.165, 1.54) is 83.5 Å². The molecule has 0 rings (SSSR count). The van der Waals surface area contributed by atoms with Crippen molar-refractivity contribution in [3.05, 3.63) is 0 Å². The molecule has 3 N–H and O–H groups in total. The van der Waals surface area contributed by atoms with E-state index in [0.29, 0.717) is 6.42 Å². The van der Waals surface area contributed by atoms with E-state index in [4.69, 9.17) is 5.11 Å². The van der Waals surface area contributed by atoms with E-state index in [1.54, 1.807) is 0 Å². The summed E-state index contributed by atoms with van der Waals surface area (Å²) in [6, 6.07) is 0. The van der Waals surface area contributed by atoms with Gasteiger partial charge in [0, 0.05) is 6.42 Å². The van der Waals surface area contributed by atoms with Gasteiger partial charge in [-0.2, -0.15) is 0 Å². The van der Waals surface area contributed by atoms with E-state index in [9.17, 15) is 4.79 Å². The maximum absolute atomic E-state index is 10.3. The molecule has 0 aliphatic heterocycles. The van der Waals surface area contributed by atoms with Crippen molar-refractivity contribution in [2.75, 3.05) is 0 Å². The first-order valence-electron chi connectivity index (χ1n) is 8.99. The Morgan fingerprint density at radius 2 is 0.909 bits per heavy atom. The minimum atomic E-state index is -0.653. The van der Waals surface area contributed by atoms with Crippen molar-refractivity contribution in [3.8, 4) is 0 Å². The summed E-state index contributed by atoms with van der Waals surface area (Å²) in [5, 5.41) is 8.52. The first-order valence-corrected chi connectivity index (χ1v) is 8.99. The van der Waals surface area contributed by atoms with E-state index in [2.05, 4.69) is 6.92 Å². The van der Waals surface area contributed by atoms with Gasteiger partial charge in [-0.15, -0.1) is 0 Å². The van der Waals surface area contributed by atoms with Gasteiger partial charge in [0.25, 0.3) is 0 Å². The van der Waals surface area contributed by atoms with Crippen LogP contribution in [0.15, 0.2) is 0 Å². The number of aliphatic carboxylic acids is 1. The first kappa shape index (κ1) is 27.2. The van der Waals surface area contributed by atoms with E-state index >= 15 is 0 Å². The van der Waals surface area contributed by atoms with E-state index < -0.39 is 5.97 Å². The molecule has 134 valence electrons. The van der Waals surface area contributed by atoms with Crippen LogP contribution in [0.5, 0.6) is 0 Å². The number of carboxylic acids is 1. The Balaban J connectivity index is -0.00000180. The molecule has 0 saturated heterocycles. The van der Waals surface area contributed by atoms with Crippen LogP contribution >= 0.6 is 0 Å². The zero-order valence-corrected chi connectivity index (χ0v) is 20.4. The topological polar surface area (TPSA) is 68.8 Å². The van der Waals surface area contributed by atoms with Crippen molar-refractivity contribution < 1.29 is 15.4 Å². The second kappa shape index (κ2) is 23.6. The number of rotatable bonds is 16. The van der Waals surface area contributed by atoms with Gasteiger partial charge in [0.05, 0.1) is 0 Å². The van der Waals surface area contributed by atoms with Crippen molar-refractivity contribution >= 4 is 33.3 Å². The van der Waals surface area contributed by atoms with Crippen LogP contribution in [-0.2, 0) is 4.79 Å². The zero-order chi connectivity index (χ0) is 14.9. The van der Waals surface area contributed by atoms with Gasteiger partial charge in [-0.25, -0.2) is 0 Å². The standard InChI is InChI=1S/C18H36O2.H2O.Pb.2H/c1-2-3-4-5-6-7-8-9-10-11-12-13-14-15-16-17-18(19)20;;;;/h2-17H2,1H3,(H,19,20);1H2;;;. The van der Waals surface area contributed by atoms with E-state index in [1.807, 2.05) is 0 Å². The molecule has 0 aliphatic rings. The third kappa shape index (κ3) is 25.3. The number of carbonyl (C=O) groups is 1. The second-order valence-corrected chi connectivity index (χ2v) is 6.09. The predicted octanol–water partition coefficient (Wildman–Crippen LogP) is 4.59. The molecule has 0 unspecified atom stereocenters. The molecule has 0 saturated carbocycles. The number of hydrogen-bond acceptors (Lipinski definition) is 1. The van der Waals surface area contributed by atoms with Crippen molar-refractivity contribution in [3.63, 3.8) is 0 Å². The molecule has 0 bridgehead atoms. The molecular weight excluding hydrogens is 471 g/mol. The Labute approximate surface area is 158 Å². The fraction of sp³-hybridized carbons (Fsp3) is 0.944. The molecule has 0 heterocycles. The summed E-state index contributed by atoms with van der Waals surface area (Å²) in [6.07, 6.45) is 20.2. The normalized spacial score (nSPS) is 9.86. The predicted molar refractivity (Wildman–Crippen MR) is 99.3 cm³/mol. The third-order valence-corrected chi connectivity index (χ3v) is 3.99. The Hall–Kier alpha value is 0.352. The number of hydrogen-bond donors (Lipinski definition) is 1. The molecule has 0 aromatic carbocycles. The van der Waals surface area contributed by atoms with Crippen LogP contribution in [0.1, 0.15) is 110 Å². The summed E-state index contributed by atoms with van der Waals surface area (Å²) < 4.78 is 0. The van der Waals surface area contributed by atoms with Crippen LogP contribution in [0.2, 0.25) is 0 Å². The fourth-order valence-corrected chi connectivity index (χ4v) is 2.65. The maximum atomic E-state index is 10.3. The Morgan fingerprint density at radius 3 is 1.18 bits per heavy atom. The van der Waals surface area contributed by atoms with Crippen LogP contribution < -0.4 is 0 Å². The fourth-order valence-electron chi connectivity index (χ4n) is 2.65. The molecule has 2 radical (unpaired) electrons. The Kier molecular flexibility index (Phi) is 29.2. The van der Waals surface area contributed by atoms with Gasteiger partial charge < -0.3 is 10.6 Å². The molecule has 0 aromatic heterocycles. The monoisotopic (exact) mass is 512 g/mol. The summed E-state index contributed by atoms with van der Waals surface area (Å²) in [5.74, 6) is -0.653. The Bertz CT molecular complexity index is 211. The van der Waals surface area contributed by atoms with Gasteiger partial charge in [0.2, 0.25) is 0 Å². The molecule has 0 aliphatic carbocycles. The molecule has 0 amide bonds. The molecule has 0 atom stereocenters. The SMILES string of the molecule is CCCCCCCCCCCCCCCCCC(=O)O.O.[PbH2]. The van der Waals surface area contributed by atoms with Crippen LogP contribution in [0, 0.1) is 0 Å². The van der Waals surface area contributed by atoms with Gasteiger partial charge >= 0.3 is 33.3 Å². The van der Waals surface area contributed by atoms with Crippen LogP contribution in [-0.4, -0.2) is 43.9 Å². The van der Waals surface area contributed by atoms with E-state index in [-0.39, 0.29) is 32.8 Å². The van der Waals surface area contributed by atoms with Crippen LogP contribution in [0.4, 0.5) is 0 Å². The minimum absolute atomic E-state index is 0. The average Bonchev–Trinajstić information content (AvgIpc) is 2.43. The summed E-state index contributed by atoms with van der Waals surface area (Å²) in [7, 11) is 0. The molecular formula is C18H40O3Pb. The Morgan fingerprint density at radius 1 is 0.636 bits per heavy atom. The summed E-state index contributed by atoms with van der Waals surface area (Å²) in [6.45, 7) is 2.27. The van der Waals surface area contributed by atoms with E-state index in [0.717, 1.165) is 12.8 Å². The quantitative estimate of drug-likeness (QED) is 0.243. The molecule has 0 spiro atoms. The summed E-state index contributed by atoms with van der Waals surface area (Å²) in [4.78, 5) is 10.3. The van der Waals surface area contributed by atoms with Crippen molar-refractivity contribution in [2.24, 2.45) is 0 Å². The average molecular weight is 512 g/mol. The molecule has 0 fully saturated rings. The van der Waals surface area contributed by atoms with Gasteiger partial charge in [-0.3, -0.25) is 4.79 Å². The van der Waals surface area contributed by atoms with Crippen LogP contribution in [0.3, 0.4) is 0 Å². The molecule has 22 heavy (non-hydrogen) atoms. The number of carboxylic acid groups (broad SMARTS) is 1. The van der Waals surface area contributed by atoms with Gasteiger partial charge in [-0.05, 0) is 6.42 Å². The van der Waals surface area contributed by atoms with Crippen molar-refractivity contribution in [1.82, 2.24) is 0 Å². The van der Waals surface area contributed by atoms with Crippen LogP contribution in [0.25, 0.3) is 0 Å². The van der Waals surface area contributed by atoms with Gasteiger partial charge in [0.15, 0.2) is 0 Å². The molecule has 4 heteroatoms. The second-order valence-electron chi connectivity index (χ2n) is 6.09. The third-order valence-electron chi connectivity index (χ3n) is 3.99. The molecule has 3 nitrogen and oxygen atoms in total.